The number of hydrogen-bond donors (Lipinski definition) is 1. The van der Waals surface area contributed by atoms with E-state index in [1.807, 2.05) is 32.0 Å². The molecule has 0 aromatic heterocycles. The van der Waals surface area contributed by atoms with Crippen molar-refractivity contribution in [2.45, 2.75) is 78.7 Å². The Labute approximate surface area is 153 Å². The summed E-state index contributed by atoms with van der Waals surface area (Å²) in [4.78, 5) is 12.8. The van der Waals surface area contributed by atoms with Crippen LogP contribution in [0, 0.1) is 6.92 Å². The van der Waals surface area contributed by atoms with E-state index in [0.717, 1.165) is 62.1 Å². The minimum atomic E-state index is -0.782. The topological polar surface area (TPSA) is 47.6 Å². The van der Waals surface area contributed by atoms with Gasteiger partial charge in [0, 0.05) is 12.3 Å². The first kappa shape index (κ1) is 21.5. The quantitative estimate of drug-likeness (QED) is 0.508. The third-order valence-corrected chi connectivity index (χ3v) is 4.30. The number of hydrogen-bond acceptors (Lipinski definition) is 3. The highest BCUT2D eigenvalue weighted by Crippen LogP contribution is 2.25. The molecule has 0 aliphatic rings. The molecule has 0 spiro atoms. The fraction of sp³-hybridized carbons (Fsp3) is 0.667. The molecule has 0 aliphatic carbocycles. The van der Waals surface area contributed by atoms with Gasteiger partial charge in [0.25, 0.3) is 5.91 Å². The van der Waals surface area contributed by atoms with Gasteiger partial charge in [0.2, 0.25) is 0 Å². The zero-order valence-electron chi connectivity index (χ0n) is 16.6. The fourth-order valence-electron chi connectivity index (χ4n) is 2.57. The SMILES string of the molecule is CCCCOc1ccc(NC(=O)C(C)(CCCC)OCCC)cc1C. The van der Waals surface area contributed by atoms with Crippen LogP contribution in [0.4, 0.5) is 5.69 Å². The molecule has 1 atom stereocenters. The first-order chi connectivity index (χ1) is 12.0. The van der Waals surface area contributed by atoms with Crippen LogP contribution in [0.3, 0.4) is 0 Å². The highest BCUT2D eigenvalue weighted by Gasteiger charge is 2.33. The summed E-state index contributed by atoms with van der Waals surface area (Å²) in [6, 6.07) is 5.78. The number of nitrogens with one attached hydrogen (secondary N) is 1. The van der Waals surface area contributed by atoms with Gasteiger partial charge in [0.15, 0.2) is 0 Å². The van der Waals surface area contributed by atoms with Crippen molar-refractivity contribution in [1.29, 1.82) is 0 Å². The maximum atomic E-state index is 12.8. The molecule has 0 aliphatic heterocycles. The lowest BCUT2D eigenvalue weighted by atomic mass is 9.97. The van der Waals surface area contributed by atoms with E-state index >= 15 is 0 Å². The van der Waals surface area contributed by atoms with Gasteiger partial charge in [0.05, 0.1) is 6.61 Å². The number of carbonyl (C=O) groups excluding carboxylic acids is 1. The van der Waals surface area contributed by atoms with Crippen molar-refractivity contribution in [1.82, 2.24) is 0 Å². The highest BCUT2D eigenvalue weighted by atomic mass is 16.5. The molecule has 0 saturated carbocycles. The van der Waals surface area contributed by atoms with E-state index < -0.39 is 5.60 Å². The zero-order valence-corrected chi connectivity index (χ0v) is 16.6. The Bertz CT molecular complexity index is 520. The molecule has 25 heavy (non-hydrogen) atoms. The van der Waals surface area contributed by atoms with E-state index in [-0.39, 0.29) is 5.91 Å². The third kappa shape index (κ3) is 7.07. The van der Waals surface area contributed by atoms with Gasteiger partial charge in [0.1, 0.15) is 11.4 Å². The van der Waals surface area contributed by atoms with E-state index in [4.69, 9.17) is 9.47 Å². The molecule has 0 radical (unpaired) electrons. The van der Waals surface area contributed by atoms with E-state index in [1.54, 1.807) is 0 Å². The molecule has 1 aromatic carbocycles. The Morgan fingerprint density at radius 1 is 1.08 bits per heavy atom. The summed E-state index contributed by atoms with van der Waals surface area (Å²) in [6.45, 7) is 11.5. The number of anilines is 1. The number of ether oxygens (including phenoxy) is 2. The molecule has 0 saturated heterocycles. The summed E-state index contributed by atoms with van der Waals surface area (Å²) in [5.41, 5.74) is 1.03. The molecule has 1 rings (SSSR count). The lowest BCUT2D eigenvalue weighted by Crippen LogP contribution is -2.43. The van der Waals surface area contributed by atoms with Gasteiger partial charge < -0.3 is 14.8 Å². The summed E-state index contributed by atoms with van der Waals surface area (Å²) in [7, 11) is 0. The van der Waals surface area contributed by atoms with Crippen LogP contribution in [0.1, 0.15) is 71.8 Å². The third-order valence-electron chi connectivity index (χ3n) is 4.30. The van der Waals surface area contributed by atoms with Crippen molar-refractivity contribution in [3.8, 4) is 5.75 Å². The van der Waals surface area contributed by atoms with Gasteiger partial charge in [-0.15, -0.1) is 0 Å². The van der Waals surface area contributed by atoms with Crippen molar-refractivity contribution in [2.75, 3.05) is 18.5 Å². The lowest BCUT2D eigenvalue weighted by molar-refractivity contribution is -0.140. The van der Waals surface area contributed by atoms with Crippen molar-refractivity contribution in [3.05, 3.63) is 23.8 Å². The molecule has 0 heterocycles. The van der Waals surface area contributed by atoms with Gasteiger partial charge in [-0.2, -0.15) is 0 Å². The maximum absolute atomic E-state index is 12.8. The van der Waals surface area contributed by atoms with Gasteiger partial charge in [-0.3, -0.25) is 4.79 Å². The molecule has 0 bridgehead atoms. The van der Waals surface area contributed by atoms with Crippen molar-refractivity contribution in [3.63, 3.8) is 0 Å². The van der Waals surface area contributed by atoms with Gasteiger partial charge in [-0.05, 0) is 56.9 Å². The molecule has 1 N–H and O–H groups in total. The lowest BCUT2D eigenvalue weighted by Gasteiger charge is -2.28. The summed E-state index contributed by atoms with van der Waals surface area (Å²) in [6.07, 6.45) is 5.80. The molecule has 1 unspecified atom stereocenters. The molecule has 4 nitrogen and oxygen atoms in total. The average Bonchev–Trinajstić information content (AvgIpc) is 2.60. The Balaban J connectivity index is 2.76. The van der Waals surface area contributed by atoms with E-state index in [1.165, 1.54) is 0 Å². The molecule has 1 aromatic rings. The summed E-state index contributed by atoms with van der Waals surface area (Å²) in [5.74, 6) is 0.802. The normalized spacial score (nSPS) is 13.3. The number of benzene rings is 1. The maximum Gasteiger partial charge on any atom is 0.256 e. The molecular formula is C21H35NO3. The minimum Gasteiger partial charge on any atom is -0.493 e. The van der Waals surface area contributed by atoms with Gasteiger partial charge in [-0.1, -0.05) is 40.0 Å². The van der Waals surface area contributed by atoms with Crippen LogP contribution >= 0.6 is 0 Å². The van der Waals surface area contributed by atoms with Crippen LogP contribution < -0.4 is 10.1 Å². The molecule has 0 fully saturated rings. The summed E-state index contributed by atoms with van der Waals surface area (Å²) < 4.78 is 11.7. The monoisotopic (exact) mass is 349 g/mol. The molecular weight excluding hydrogens is 314 g/mol. The van der Waals surface area contributed by atoms with Crippen LogP contribution in [-0.4, -0.2) is 24.7 Å². The van der Waals surface area contributed by atoms with E-state index in [9.17, 15) is 4.79 Å². The van der Waals surface area contributed by atoms with Crippen LogP contribution in [0.15, 0.2) is 18.2 Å². The smallest absolute Gasteiger partial charge is 0.256 e. The van der Waals surface area contributed by atoms with Crippen molar-refractivity contribution < 1.29 is 14.3 Å². The number of aryl methyl sites for hydroxylation is 1. The second kappa shape index (κ2) is 11.1. The predicted octanol–water partition coefficient (Wildman–Crippen LogP) is 5.49. The second-order valence-corrected chi connectivity index (χ2v) is 6.82. The Hall–Kier alpha value is -1.55. The minimum absolute atomic E-state index is 0.0755. The number of unbranched alkanes of at least 4 members (excludes halogenated alkanes) is 2. The van der Waals surface area contributed by atoms with Crippen LogP contribution in [0.25, 0.3) is 0 Å². The number of carbonyl (C=O) groups is 1. The van der Waals surface area contributed by atoms with E-state index in [2.05, 4.69) is 26.1 Å². The van der Waals surface area contributed by atoms with Crippen LogP contribution in [0.5, 0.6) is 5.75 Å². The summed E-state index contributed by atoms with van der Waals surface area (Å²) >= 11 is 0. The van der Waals surface area contributed by atoms with Crippen molar-refractivity contribution >= 4 is 11.6 Å². The number of rotatable bonds is 12. The first-order valence-electron chi connectivity index (χ1n) is 9.65. The highest BCUT2D eigenvalue weighted by molar-refractivity contribution is 5.97. The Kier molecular flexibility index (Phi) is 9.58. The standard InChI is InChI=1S/C21H35NO3/c1-6-9-13-21(5,25-14-8-3)20(23)22-18-11-12-19(17(4)16-18)24-15-10-7-2/h11-12,16H,6-10,13-15H2,1-5H3,(H,22,23). The van der Waals surface area contributed by atoms with Gasteiger partial charge in [-0.25, -0.2) is 0 Å². The first-order valence-corrected chi connectivity index (χ1v) is 9.65. The Morgan fingerprint density at radius 2 is 1.80 bits per heavy atom. The summed E-state index contributed by atoms with van der Waals surface area (Å²) in [5, 5.41) is 3.02. The van der Waals surface area contributed by atoms with Crippen LogP contribution in [-0.2, 0) is 9.53 Å². The molecule has 1 amide bonds. The fourth-order valence-corrected chi connectivity index (χ4v) is 2.57. The largest absolute Gasteiger partial charge is 0.493 e. The van der Waals surface area contributed by atoms with Crippen molar-refractivity contribution in [2.24, 2.45) is 0 Å². The van der Waals surface area contributed by atoms with Gasteiger partial charge >= 0.3 is 0 Å². The molecule has 4 heteroatoms. The number of amides is 1. The molecule has 142 valence electrons. The predicted molar refractivity (Wildman–Crippen MR) is 104 cm³/mol. The average molecular weight is 350 g/mol. The second-order valence-electron chi connectivity index (χ2n) is 6.82. The Morgan fingerprint density at radius 3 is 2.40 bits per heavy atom. The van der Waals surface area contributed by atoms with E-state index in [0.29, 0.717) is 6.61 Å². The zero-order chi connectivity index (χ0) is 18.7. The van der Waals surface area contributed by atoms with Crippen LogP contribution in [0.2, 0.25) is 0 Å².